The van der Waals surface area contributed by atoms with Gasteiger partial charge in [-0.25, -0.2) is 4.79 Å². The molecule has 0 spiro atoms. The van der Waals surface area contributed by atoms with Crippen LogP contribution in [0.15, 0.2) is 0 Å². The summed E-state index contributed by atoms with van der Waals surface area (Å²) < 4.78 is 4.61. The summed E-state index contributed by atoms with van der Waals surface area (Å²) in [6.45, 7) is 1.83. The maximum absolute atomic E-state index is 11.8. The summed E-state index contributed by atoms with van der Waals surface area (Å²) in [5.41, 5.74) is 5.83. The van der Waals surface area contributed by atoms with Crippen molar-refractivity contribution in [2.75, 3.05) is 7.11 Å². The van der Waals surface area contributed by atoms with Gasteiger partial charge in [-0.1, -0.05) is 13.3 Å². The maximum atomic E-state index is 11.8. The summed E-state index contributed by atoms with van der Waals surface area (Å²) in [7, 11) is 1.32. The van der Waals surface area contributed by atoms with Crippen LogP contribution in [0, 0.1) is 5.92 Å². The average molecular weight is 265 g/mol. The Morgan fingerprint density at radius 3 is 2.53 bits per heavy atom. The molecular weight excluding hydrogens is 244 g/mol. The minimum atomic E-state index is -0.551. The molecule has 3 unspecified atom stereocenters. The van der Waals surface area contributed by atoms with Gasteiger partial charge in [0.05, 0.1) is 13.0 Å². The maximum Gasteiger partial charge on any atom is 0.328 e. The van der Waals surface area contributed by atoms with Crippen LogP contribution in [0.2, 0.25) is 0 Å². The molecule has 1 amide bonds. The van der Waals surface area contributed by atoms with Gasteiger partial charge in [-0.15, -0.1) is 12.4 Å². The van der Waals surface area contributed by atoms with E-state index in [0.29, 0.717) is 6.42 Å². The van der Waals surface area contributed by atoms with E-state index < -0.39 is 12.0 Å². The first-order chi connectivity index (χ1) is 7.60. The quantitative estimate of drug-likeness (QED) is 0.729. The van der Waals surface area contributed by atoms with Gasteiger partial charge in [0.1, 0.15) is 6.04 Å². The Balaban J connectivity index is 0.00000256. The zero-order chi connectivity index (χ0) is 12.1. The van der Waals surface area contributed by atoms with Gasteiger partial charge in [-0.2, -0.15) is 0 Å². The van der Waals surface area contributed by atoms with Crippen LogP contribution in [0.3, 0.4) is 0 Å². The number of esters is 1. The number of amides is 1. The molecular formula is C11H21ClN2O3. The summed E-state index contributed by atoms with van der Waals surface area (Å²) in [6, 6.07) is -0.625. The second-order valence-electron chi connectivity index (χ2n) is 4.19. The Labute approximate surface area is 108 Å². The highest BCUT2D eigenvalue weighted by atomic mass is 35.5. The van der Waals surface area contributed by atoms with Crippen molar-refractivity contribution >= 4 is 24.3 Å². The molecule has 5 nitrogen and oxygen atoms in total. The number of ether oxygens (including phenoxy) is 1. The third-order valence-electron chi connectivity index (χ3n) is 3.12. The lowest BCUT2D eigenvalue weighted by Gasteiger charge is -2.19. The lowest BCUT2D eigenvalue weighted by molar-refractivity contribution is -0.145. The monoisotopic (exact) mass is 264 g/mol. The molecule has 0 aliphatic heterocycles. The van der Waals surface area contributed by atoms with Crippen LogP contribution in [0.4, 0.5) is 0 Å². The van der Waals surface area contributed by atoms with Gasteiger partial charge in [-0.3, -0.25) is 4.79 Å². The molecule has 1 fully saturated rings. The first kappa shape index (κ1) is 16.2. The van der Waals surface area contributed by atoms with Gasteiger partial charge in [0.15, 0.2) is 0 Å². The van der Waals surface area contributed by atoms with E-state index in [1.807, 2.05) is 6.92 Å². The van der Waals surface area contributed by atoms with Gasteiger partial charge >= 0.3 is 5.97 Å². The molecule has 1 aliphatic rings. The van der Waals surface area contributed by atoms with Gasteiger partial charge in [-0.05, 0) is 19.3 Å². The summed E-state index contributed by atoms with van der Waals surface area (Å²) in [5, 5.41) is 2.70. The number of rotatable bonds is 4. The summed E-state index contributed by atoms with van der Waals surface area (Å²) >= 11 is 0. The van der Waals surface area contributed by atoms with Gasteiger partial charge < -0.3 is 15.8 Å². The third kappa shape index (κ3) is 4.16. The molecule has 17 heavy (non-hydrogen) atoms. The van der Waals surface area contributed by atoms with Crippen LogP contribution in [0.5, 0.6) is 0 Å². The fraction of sp³-hybridized carbons (Fsp3) is 0.818. The van der Waals surface area contributed by atoms with Crippen LogP contribution in [-0.4, -0.2) is 31.1 Å². The van der Waals surface area contributed by atoms with Crippen molar-refractivity contribution in [2.45, 2.75) is 44.7 Å². The molecule has 1 saturated carbocycles. The molecule has 0 saturated heterocycles. The standard InChI is InChI=1S/C11H20N2O3.ClH/c1-3-9(11(15)16-2)13-10(14)7-5-4-6-8(7)12;/h7-9H,3-6,12H2,1-2H3,(H,13,14);1H. The van der Waals surface area contributed by atoms with Crippen molar-refractivity contribution in [3.05, 3.63) is 0 Å². The molecule has 0 aromatic carbocycles. The number of methoxy groups -OCH3 is 1. The fourth-order valence-corrected chi connectivity index (χ4v) is 2.06. The SMILES string of the molecule is CCC(NC(=O)C1CCCC1N)C(=O)OC.Cl. The first-order valence-electron chi connectivity index (χ1n) is 5.74. The lowest BCUT2D eigenvalue weighted by Crippen LogP contribution is -2.46. The zero-order valence-corrected chi connectivity index (χ0v) is 11.1. The molecule has 3 atom stereocenters. The normalized spacial score (nSPS) is 24.6. The predicted molar refractivity (Wildman–Crippen MR) is 66.8 cm³/mol. The van der Waals surface area contributed by atoms with E-state index in [2.05, 4.69) is 10.1 Å². The van der Waals surface area contributed by atoms with Crippen molar-refractivity contribution in [3.8, 4) is 0 Å². The molecule has 1 aliphatic carbocycles. The molecule has 0 aromatic heterocycles. The fourth-order valence-electron chi connectivity index (χ4n) is 2.06. The molecule has 0 bridgehead atoms. The van der Waals surface area contributed by atoms with Crippen LogP contribution in [-0.2, 0) is 14.3 Å². The molecule has 0 radical (unpaired) electrons. The van der Waals surface area contributed by atoms with Crippen molar-refractivity contribution in [1.82, 2.24) is 5.32 Å². The van der Waals surface area contributed by atoms with Crippen LogP contribution < -0.4 is 11.1 Å². The Hall–Kier alpha value is -0.810. The number of halogens is 1. The third-order valence-corrected chi connectivity index (χ3v) is 3.12. The van der Waals surface area contributed by atoms with E-state index in [-0.39, 0.29) is 30.3 Å². The molecule has 3 N–H and O–H groups in total. The zero-order valence-electron chi connectivity index (χ0n) is 10.3. The smallest absolute Gasteiger partial charge is 0.328 e. The molecule has 1 rings (SSSR count). The van der Waals surface area contributed by atoms with E-state index in [0.717, 1.165) is 19.3 Å². The van der Waals surface area contributed by atoms with Gasteiger partial charge in [0, 0.05) is 6.04 Å². The van der Waals surface area contributed by atoms with Crippen molar-refractivity contribution in [1.29, 1.82) is 0 Å². The number of hydrogen-bond donors (Lipinski definition) is 2. The van der Waals surface area contributed by atoms with E-state index in [1.54, 1.807) is 0 Å². The highest BCUT2D eigenvalue weighted by molar-refractivity contribution is 5.86. The van der Waals surface area contributed by atoms with Crippen molar-refractivity contribution in [3.63, 3.8) is 0 Å². The van der Waals surface area contributed by atoms with Gasteiger partial charge in [0.25, 0.3) is 0 Å². The largest absolute Gasteiger partial charge is 0.467 e. The van der Waals surface area contributed by atoms with E-state index >= 15 is 0 Å². The van der Waals surface area contributed by atoms with E-state index in [4.69, 9.17) is 5.73 Å². The Bertz CT molecular complexity index is 273. The minimum Gasteiger partial charge on any atom is -0.467 e. The number of carbonyl (C=O) groups excluding carboxylic acids is 2. The summed E-state index contributed by atoms with van der Waals surface area (Å²) in [5.74, 6) is -0.677. The molecule has 6 heteroatoms. The Morgan fingerprint density at radius 1 is 1.47 bits per heavy atom. The summed E-state index contributed by atoms with van der Waals surface area (Å²) in [4.78, 5) is 23.2. The van der Waals surface area contributed by atoms with E-state index in [9.17, 15) is 9.59 Å². The number of hydrogen-bond acceptors (Lipinski definition) is 4. The molecule has 0 heterocycles. The van der Waals surface area contributed by atoms with Crippen LogP contribution >= 0.6 is 12.4 Å². The number of carbonyl (C=O) groups is 2. The van der Waals surface area contributed by atoms with Gasteiger partial charge in [0.2, 0.25) is 5.91 Å². The highest BCUT2D eigenvalue weighted by Gasteiger charge is 2.32. The molecule has 0 aromatic rings. The second kappa shape index (κ2) is 7.50. The average Bonchev–Trinajstić information content (AvgIpc) is 2.71. The van der Waals surface area contributed by atoms with Crippen molar-refractivity contribution < 1.29 is 14.3 Å². The first-order valence-corrected chi connectivity index (χ1v) is 5.74. The topological polar surface area (TPSA) is 81.4 Å². The van der Waals surface area contributed by atoms with Crippen molar-refractivity contribution in [2.24, 2.45) is 11.7 Å². The summed E-state index contributed by atoms with van der Waals surface area (Å²) in [6.07, 6.45) is 3.20. The Morgan fingerprint density at radius 2 is 2.12 bits per heavy atom. The Kier molecular flexibility index (Phi) is 7.15. The number of nitrogens with two attached hydrogens (primary N) is 1. The molecule has 100 valence electrons. The van der Waals surface area contributed by atoms with Crippen LogP contribution in [0.25, 0.3) is 0 Å². The van der Waals surface area contributed by atoms with E-state index in [1.165, 1.54) is 7.11 Å². The number of nitrogens with one attached hydrogen (secondary N) is 1. The van der Waals surface area contributed by atoms with Crippen LogP contribution in [0.1, 0.15) is 32.6 Å². The second-order valence-corrected chi connectivity index (χ2v) is 4.19. The lowest BCUT2D eigenvalue weighted by atomic mass is 10.0. The highest BCUT2D eigenvalue weighted by Crippen LogP contribution is 2.24. The predicted octanol–water partition coefficient (Wildman–Crippen LogP) is 0.603. The minimum absolute atomic E-state index is 0.